The highest BCUT2D eigenvalue weighted by Gasteiger charge is 2.05. The van der Waals surface area contributed by atoms with Crippen molar-refractivity contribution in [2.24, 2.45) is 10.2 Å². The molecule has 0 amide bonds. The van der Waals surface area contributed by atoms with E-state index in [1.807, 2.05) is 0 Å². The standard InChI is InChI=1S/C18H17N7O4/c1-10-17(23-19-8-11-2-4-13(26)6-15(11)28)21-18(25-22-10)24-20-9-12-3-5-14(27)7-16(12)29/h2-9,26-29H,1H3,(H2,21,23,24,25)/b19-8-,20-9-. The lowest BCUT2D eigenvalue weighted by atomic mass is 10.2. The summed E-state index contributed by atoms with van der Waals surface area (Å²) >= 11 is 0. The maximum Gasteiger partial charge on any atom is 0.265 e. The molecule has 0 bridgehead atoms. The molecule has 148 valence electrons. The molecule has 2 aromatic carbocycles. The third-order valence-corrected chi connectivity index (χ3v) is 3.63. The van der Waals surface area contributed by atoms with E-state index in [9.17, 15) is 20.4 Å². The molecule has 11 nitrogen and oxygen atoms in total. The Bertz CT molecular complexity index is 1090. The van der Waals surface area contributed by atoms with Crippen LogP contribution in [0.1, 0.15) is 16.8 Å². The van der Waals surface area contributed by atoms with Crippen LogP contribution < -0.4 is 10.9 Å². The van der Waals surface area contributed by atoms with Crippen molar-refractivity contribution in [2.45, 2.75) is 6.92 Å². The molecule has 0 fully saturated rings. The van der Waals surface area contributed by atoms with Crippen molar-refractivity contribution in [3.63, 3.8) is 0 Å². The van der Waals surface area contributed by atoms with Crippen molar-refractivity contribution in [1.82, 2.24) is 15.2 Å². The average Bonchev–Trinajstić information content (AvgIpc) is 2.67. The minimum absolute atomic E-state index is 0.0552. The fourth-order valence-corrected chi connectivity index (χ4v) is 2.14. The molecule has 3 rings (SSSR count). The van der Waals surface area contributed by atoms with Crippen molar-refractivity contribution in [3.8, 4) is 23.0 Å². The number of hydrazone groups is 2. The third kappa shape index (κ3) is 5.07. The average molecular weight is 395 g/mol. The fourth-order valence-electron chi connectivity index (χ4n) is 2.14. The summed E-state index contributed by atoms with van der Waals surface area (Å²) in [5.41, 5.74) is 6.52. The molecule has 0 radical (unpaired) electrons. The molecular weight excluding hydrogens is 378 g/mol. The van der Waals surface area contributed by atoms with E-state index in [0.29, 0.717) is 22.6 Å². The van der Waals surface area contributed by atoms with Crippen LogP contribution in [0.2, 0.25) is 0 Å². The van der Waals surface area contributed by atoms with Gasteiger partial charge in [-0.05, 0) is 31.2 Å². The molecule has 29 heavy (non-hydrogen) atoms. The van der Waals surface area contributed by atoms with E-state index in [1.165, 1.54) is 48.8 Å². The summed E-state index contributed by atoms with van der Waals surface area (Å²) in [6.45, 7) is 1.68. The van der Waals surface area contributed by atoms with Crippen molar-refractivity contribution in [2.75, 3.05) is 10.9 Å². The highest BCUT2D eigenvalue weighted by Crippen LogP contribution is 2.22. The lowest BCUT2D eigenvalue weighted by Crippen LogP contribution is -2.05. The molecule has 0 atom stereocenters. The van der Waals surface area contributed by atoms with E-state index < -0.39 is 0 Å². The van der Waals surface area contributed by atoms with E-state index in [0.717, 1.165) is 0 Å². The Morgan fingerprint density at radius 2 is 1.34 bits per heavy atom. The van der Waals surface area contributed by atoms with Crippen LogP contribution in [0.4, 0.5) is 11.8 Å². The van der Waals surface area contributed by atoms with Gasteiger partial charge in [-0.15, -0.1) is 10.2 Å². The topological polar surface area (TPSA) is 168 Å². The van der Waals surface area contributed by atoms with Crippen LogP contribution in [0, 0.1) is 6.92 Å². The van der Waals surface area contributed by atoms with E-state index >= 15 is 0 Å². The minimum Gasteiger partial charge on any atom is -0.508 e. The highest BCUT2D eigenvalue weighted by molar-refractivity contribution is 5.84. The number of hydrogen-bond acceptors (Lipinski definition) is 11. The first-order valence-electron chi connectivity index (χ1n) is 8.26. The van der Waals surface area contributed by atoms with Crippen LogP contribution in [-0.2, 0) is 0 Å². The van der Waals surface area contributed by atoms with Crippen LogP contribution in [-0.4, -0.2) is 48.0 Å². The van der Waals surface area contributed by atoms with E-state index in [1.54, 1.807) is 6.92 Å². The molecule has 0 spiro atoms. The molecule has 0 aliphatic heterocycles. The van der Waals surface area contributed by atoms with E-state index in [4.69, 9.17) is 0 Å². The Balaban J connectivity index is 1.67. The van der Waals surface area contributed by atoms with Gasteiger partial charge >= 0.3 is 0 Å². The number of anilines is 2. The van der Waals surface area contributed by atoms with Crippen LogP contribution >= 0.6 is 0 Å². The minimum atomic E-state index is -0.132. The second-order valence-electron chi connectivity index (χ2n) is 5.80. The predicted octanol–water partition coefficient (Wildman–Crippen LogP) is 1.89. The predicted molar refractivity (Wildman–Crippen MR) is 107 cm³/mol. The summed E-state index contributed by atoms with van der Waals surface area (Å²) in [5, 5.41) is 53.7. The van der Waals surface area contributed by atoms with Crippen LogP contribution in [0.3, 0.4) is 0 Å². The van der Waals surface area contributed by atoms with Gasteiger partial charge in [0.15, 0.2) is 5.82 Å². The molecule has 1 aromatic heterocycles. The second-order valence-corrected chi connectivity index (χ2v) is 5.80. The van der Waals surface area contributed by atoms with Gasteiger partial charge in [-0.2, -0.15) is 15.2 Å². The second kappa shape index (κ2) is 8.52. The maximum absolute atomic E-state index is 9.74. The van der Waals surface area contributed by atoms with E-state index in [-0.39, 0.29) is 28.9 Å². The number of aryl methyl sites for hydroxylation is 1. The third-order valence-electron chi connectivity index (χ3n) is 3.63. The van der Waals surface area contributed by atoms with Crippen molar-refractivity contribution >= 4 is 24.2 Å². The summed E-state index contributed by atoms with van der Waals surface area (Å²) in [6.07, 6.45) is 2.69. The number of aromatic nitrogens is 3. The quantitative estimate of drug-likeness (QED) is 0.269. The lowest BCUT2D eigenvalue weighted by Gasteiger charge is -2.05. The number of phenolic OH excluding ortho intramolecular Hbond substituents is 4. The normalized spacial score (nSPS) is 11.2. The van der Waals surface area contributed by atoms with Crippen LogP contribution in [0.15, 0.2) is 46.6 Å². The summed E-state index contributed by atoms with van der Waals surface area (Å²) < 4.78 is 0. The molecule has 6 N–H and O–H groups in total. The number of rotatable bonds is 6. The highest BCUT2D eigenvalue weighted by atomic mass is 16.3. The van der Waals surface area contributed by atoms with Gasteiger partial charge < -0.3 is 20.4 Å². The zero-order chi connectivity index (χ0) is 20.8. The summed E-state index contributed by atoms with van der Waals surface area (Å²) in [4.78, 5) is 4.18. The first-order chi connectivity index (χ1) is 13.9. The molecule has 1 heterocycles. The van der Waals surface area contributed by atoms with Gasteiger partial charge in [0.2, 0.25) is 0 Å². The Morgan fingerprint density at radius 3 is 1.90 bits per heavy atom. The molecule has 11 heteroatoms. The zero-order valence-corrected chi connectivity index (χ0v) is 15.1. The van der Waals surface area contributed by atoms with Gasteiger partial charge in [0, 0.05) is 23.3 Å². The first kappa shape index (κ1) is 19.4. The molecule has 0 aliphatic carbocycles. The number of phenols is 4. The Labute approximate surface area is 164 Å². The van der Waals surface area contributed by atoms with Gasteiger partial charge in [-0.3, -0.25) is 5.43 Å². The van der Waals surface area contributed by atoms with Crippen molar-refractivity contribution in [1.29, 1.82) is 0 Å². The van der Waals surface area contributed by atoms with Crippen molar-refractivity contribution < 1.29 is 20.4 Å². The monoisotopic (exact) mass is 395 g/mol. The SMILES string of the molecule is Cc1nnc(N/N=C\c2ccc(O)cc2O)nc1N/N=C\c1ccc(O)cc1O. The zero-order valence-electron chi connectivity index (χ0n) is 15.1. The van der Waals surface area contributed by atoms with Crippen LogP contribution in [0.5, 0.6) is 23.0 Å². The Morgan fingerprint density at radius 1 is 0.793 bits per heavy atom. The summed E-state index contributed by atoms with van der Waals surface area (Å²) in [5.74, 6) is 0.0147. The van der Waals surface area contributed by atoms with Gasteiger partial charge in [-0.1, -0.05) is 0 Å². The van der Waals surface area contributed by atoms with Gasteiger partial charge in [0.1, 0.15) is 28.7 Å². The summed E-state index contributed by atoms with van der Waals surface area (Å²) in [7, 11) is 0. The molecule has 0 saturated carbocycles. The molecule has 0 unspecified atom stereocenters. The van der Waals surface area contributed by atoms with Gasteiger partial charge in [0.25, 0.3) is 5.95 Å². The Kier molecular flexibility index (Phi) is 5.69. The lowest BCUT2D eigenvalue weighted by molar-refractivity contribution is 0.449. The molecule has 0 saturated heterocycles. The molecule has 0 aliphatic rings. The number of benzene rings is 2. The Hall–Kier alpha value is -4.41. The largest absolute Gasteiger partial charge is 0.508 e. The first-order valence-corrected chi connectivity index (χ1v) is 8.26. The molecular formula is C18H17N7O4. The smallest absolute Gasteiger partial charge is 0.265 e. The maximum atomic E-state index is 9.74. The van der Waals surface area contributed by atoms with E-state index in [2.05, 4.69) is 36.2 Å². The number of hydrogen-bond donors (Lipinski definition) is 6. The molecule has 3 aromatic rings. The number of aromatic hydroxyl groups is 4. The van der Waals surface area contributed by atoms with Gasteiger partial charge in [0.05, 0.1) is 12.4 Å². The fraction of sp³-hybridized carbons (Fsp3) is 0.0556. The number of nitrogens with zero attached hydrogens (tertiary/aromatic N) is 5. The van der Waals surface area contributed by atoms with Gasteiger partial charge in [-0.25, -0.2) is 5.43 Å². The number of nitrogens with one attached hydrogen (secondary N) is 2. The van der Waals surface area contributed by atoms with Crippen LogP contribution in [0.25, 0.3) is 0 Å². The summed E-state index contributed by atoms with van der Waals surface area (Å²) in [6, 6.07) is 8.22. The van der Waals surface area contributed by atoms with Crippen molar-refractivity contribution in [3.05, 3.63) is 53.2 Å².